The van der Waals surface area contributed by atoms with Crippen molar-refractivity contribution in [2.24, 2.45) is 11.3 Å². The number of nitrogens with zero attached hydrogens (tertiary/aromatic N) is 1. The van der Waals surface area contributed by atoms with Gasteiger partial charge in [0.05, 0.1) is 6.07 Å². The highest BCUT2D eigenvalue weighted by atomic mass is 14.4. The minimum absolute atomic E-state index is 0.204. The maximum Gasteiger partial charge on any atom is 0.0624 e. The molecule has 1 rings (SSSR count). The Morgan fingerprint density at radius 3 is 2.73 bits per heavy atom. The van der Waals surface area contributed by atoms with Gasteiger partial charge >= 0.3 is 0 Å². The molecule has 0 radical (unpaired) electrons. The minimum Gasteiger partial charge on any atom is -0.198 e. The van der Waals surface area contributed by atoms with E-state index in [9.17, 15) is 0 Å². The van der Waals surface area contributed by atoms with Crippen LogP contribution in [0.3, 0.4) is 0 Å². The summed E-state index contributed by atoms with van der Waals surface area (Å²) in [4.78, 5) is 0. The van der Waals surface area contributed by atoms with Gasteiger partial charge in [0.25, 0.3) is 0 Å². The van der Waals surface area contributed by atoms with Crippen LogP contribution in [0.15, 0.2) is 12.2 Å². The molecule has 0 aromatic heterocycles. The number of nitriles is 1. The zero-order chi connectivity index (χ0) is 8.48. The Kier molecular flexibility index (Phi) is 2.04. The molecule has 1 fully saturated rings. The van der Waals surface area contributed by atoms with E-state index in [4.69, 9.17) is 5.26 Å². The second-order valence-electron chi connectivity index (χ2n) is 3.92. The number of hydrogen-bond acceptors (Lipinski definition) is 1. The van der Waals surface area contributed by atoms with Crippen LogP contribution >= 0.6 is 0 Å². The van der Waals surface area contributed by atoms with E-state index in [1.54, 1.807) is 0 Å². The highest BCUT2D eigenvalue weighted by Gasteiger charge is 2.36. The summed E-state index contributed by atoms with van der Waals surface area (Å²) >= 11 is 0. The molecule has 0 spiro atoms. The van der Waals surface area contributed by atoms with Gasteiger partial charge in [-0.15, -0.1) is 0 Å². The Labute approximate surface area is 68.7 Å². The molecule has 0 aromatic carbocycles. The summed E-state index contributed by atoms with van der Waals surface area (Å²) in [6.07, 6.45) is 2.95. The van der Waals surface area contributed by atoms with Crippen LogP contribution in [0.5, 0.6) is 0 Å². The summed E-state index contributed by atoms with van der Waals surface area (Å²) in [7, 11) is 0. The van der Waals surface area contributed by atoms with E-state index in [0.717, 1.165) is 12.8 Å². The average molecular weight is 149 g/mol. The zero-order valence-electron chi connectivity index (χ0n) is 7.35. The molecule has 0 unspecified atom stereocenters. The van der Waals surface area contributed by atoms with E-state index in [-0.39, 0.29) is 5.41 Å². The number of rotatable bonds is 1. The first-order chi connectivity index (χ1) is 5.09. The maximum atomic E-state index is 8.57. The average Bonchev–Trinajstić information content (AvgIpc) is 2.16. The molecule has 11 heavy (non-hydrogen) atoms. The van der Waals surface area contributed by atoms with Crippen molar-refractivity contribution in [2.45, 2.75) is 33.1 Å². The van der Waals surface area contributed by atoms with Gasteiger partial charge < -0.3 is 0 Å². The summed E-state index contributed by atoms with van der Waals surface area (Å²) < 4.78 is 0. The SMILES string of the molecule is C=C1CC[C@H](CC#N)C1(C)C. The van der Waals surface area contributed by atoms with Gasteiger partial charge in [-0.25, -0.2) is 0 Å². The van der Waals surface area contributed by atoms with E-state index in [0.29, 0.717) is 12.3 Å². The molecule has 1 aliphatic carbocycles. The van der Waals surface area contributed by atoms with Gasteiger partial charge in [-0.1, -0.05) is 26.0 Å². The standard InChI is InChI=1S/C10H15N/c1-8-4-5-9(6-7-11)10(8,2)3/h9H,1,4-6H2,2-3H3/t9-/m1/s1. The molecule has 0 N–H and O–H groups in total. The topological polar surface area (TPSA) is 23.8 Å². The van der Waals surface area contributed by atoms with Crippen LogP contribution in [0.25, 0.3) is 0 Å². The minimum atomic E-state index is 0.204. The summed E-state index contributed by atoms with van der Waals surface area (Å²) in [5.41, 5.74) is 1.52. The van der Waals surface area contributed by atoms with Crippen molar-refractivity contribution < 1.29 is 0 Å². The lowest BCUT2D eigenvalue weighted by molar-refractivity contribution is 0.311. The van der Waals surface area contributed by atoms with Crippen molar-refractivity contribution in [1.29, 1.82) is 5.26 Å². The molecular formula is C10H15N. The lowest BCUT2D eigenvalue weighted by Crippen LogP contribution is -2.18. The fraction of sp³-hybridized carbons (Fsp3) is 0.700. The predicted octanol–water partition coefficient (Wildman–Crippen LogP) is 2.89. The molecule has 0 bridgehead atoms. The van der Waals surface area contributed by atoms with Crippen molar-refractivity contribution in [3.63, 3.8) is 0 Å². The third-order valence-electron chi connectivity index (χ3n) is 3.06. The first-order valence-electron chi connectivity index (χ1n) is 4.14. The Hall–Kier alpha value is -0.770. The van der Waals surface area contributed by atoms with Crippen molar-refractivity contribution in [3.05, 3.63) is 12.2 Å². The van der Waals surface area contributed by atoms with Crippen LogP contribution in [0, 0.1) is 22.7 Å². The van der Waals surface area contributed by atoms with Gasteiger partial charge in [-0.3, -0.25) is 0 Å². The van der Waals surface area contributed by atoms with Crippen LogP contribution < -0.4 is 0 Å². The molecule has 1 nitrogen and oxygen atoms in total. The van der Waals surface area contributed by atoms with Gasteiger partial charge in [-0.05, 0) is 24.2 Å². The summed E-state index contributed by atoms with van der Waals surface area (Å²) in [5, 5.41) is 8.57. The van der Waals surface area contributed by atoms with Gasteiger partial charge in [0, 0.05) is 6.42 Å². The second-order valence-corrected chi connectivity index (χ2v) is 3.92. The number of allylic oxidation sites excluding steroid dienone is 1. The smallest absolute Gasteiger partial charge is 0.0624 e. The molecule has 1 atom stereocenters. The van der Waals surface area contributed by atoms with E-state index < -0.39 is 0 Å². The van der Waals surface area contributed by atoms with Gasteiger partial charge in [-0.2, -0.15) is 5.26 Å². The second kappa shape index (κ2) is 2.70. The van der Waals surface area contributed by atoms with E-state index in [1.165, 1.54) is 5.57 Å². The first-order valence-corrected chi connectivity index (χ1v) is 4.14. The molecule has 1 heteroatoms. The molecule has 0 aliphatic heterocycles. The van der Waals surface area contributed by atoms with E-state index >= 15 is 0 Å². The quantitative estimate of drug-likeness (QED) is 0.526. The highest BCUT2D eigenvalue weighted by Crippen LogP contribution is 2.47. The molecule has 0 saturated heterocycles. The Balaban J connectivity index is 2.72. The monoisotopic (exact) mass is 149 g/mol. The lowest BCUT2D eigenvalue weighted by atomic mass is 9.78. The molecule has 1 aliphatic rings. The Morgan fingerprint density at radius 2 is 2.36 bits per heavy atom. The lowest BCUT2D eigenvalue weighted by Gasteiger charge is -2.26. The van der Waals surface area contributed by atoms with Gasteiger partial charge in [0.2, 0.25) is 0 Å². The maximum absolute atomic E-state index is 8.57. The largest absolute Gasteiger partial charge is 0.198 e. The Morgan fingerprint density at radius 1 is 1.73 bits per heavy atom. The zero-order valence-corrected chi connectivity index (χ0v) is 7.35. The predicted molar refractivity (Wildman–Crippen MR) is 45.9 cm³/mol. The third kappa shape index (κ3) is 1.30. The Bertz CT molecular complexity index is 207. The summed E-state index contributed by atoms with van der Waals surface area (Å²) in [5.74, 6) is 0.542. The van der Waals surface area contributed by atoms with Crippen molar-refractivity contribution >= 4 is 0 Å². The van der Waals surface area contributed by atoms with Crippen molar-refractivity contribution in [1.82, 2.24) is 0 Å². The fourth-order valence-corrected chi connectivity index (χ4v) is 1.79. The van der Waals surface area contributed by atoms with Crippen LogP contribution in [0.1, 0.15) is 33.1 Å². The van der Waals surface area contributed by atoms with Gasteiger partial charge in [0.1, 0.15) is 0 Å². The molecule has 0 amide bonds. The fourth-order valence-electron chi connectivity index (χ4n) is 1.79. The molecule has 0 aromatic rings. The van der Waals surface area contributed by atoms with Crippen LogP contribution in [-0.2, 0) is 0 Å². The third-order valence-corrected chi connectivity index (χ3v) is 3.06. The first kappa shape index (κ1) is 8.33. The van der Waals surface area contributed by atoms with Crippen LogP contribution in [0.4, 0.5) is 0 Å². The molecule has 1 saturated carbocycles. The highest BCUT2D eigenvalue weighted by molar-refractivity contribution is 5.15. The molecule has 60 valence electrons. The summed E-state index contributed by atoms with van der Waals surface area (Å²) in [6, 6.07) is 2.24. The normalized spacial score (nSPS) is 28.5. The van der Waals surface area contributed by atoms with Crippen LogP contribution in [0.2, 0.25) is 0 Å². The number of hydrogen-bond donors (Lipinski definition) is 0. The molecule has 0 heterocycles. The summed E-state index contributed by atoms with van der Waals surface area (Å²) in [6.45, 7) is 8.43. The van der Waals surface area contributed by atoms with Crippen molar-refractivity contribution in [2.75, 3.05) is 0 Å². The molecular weight excluding hydrogens is 134 g/mol. The van der Waals surface area contributed by atoms with Crippen LogP contribution in [-0.4, -0.2) is 0 Å². The van der Waals surface area contributed by atoms with Gasteiger partial charge in [0.15, 0.2) is 0 Å². The van der Waals surface area contributed by atoms with E-state index in [1.807, 2.05) is 0 Å². The van der Waals surface area contributed by atoms with Crippen molar-refractivity contribution in [3.8, 4) is 6.07 Å². The van der Waals surface area contributed by atoms with E-state index in [2.05, 4.69) is 26.5 Å².